The van der Waals surface area contributed by atoms with E-state index in [1.165, 1.54) is 0 Å². The molecular weight excluding hydrogens is 174 g/mol. The molecular formula is C8H13NO4. The molecule has 0 aliphatic heterocycles. The molecule has 1 rings (SSSR count). The minimum Gasteiger partial charge on any atom is -0.481 e. The first-order valence-electron chi connectivity index (χ1n) is 4.14. The predicted molar refractivity (Wildman–Crippen MR) is 44.1 cm³/mol. The summed E-state index contributed by atoms with van der Waals surface area (Å²) in [5.41, 5.74) is 4.25. The van der Waals surface area contributed by atoms with Gasteiger partial charge in [-0.2, -0.15) is 0 Å². The Morgan fingerprint density at radius 1 is 1.46 bits per heavy atom. The largest absolute Gasteiger partial charge is 0.481 e. The van der Waals surface area contributed by atoms with Crippen molar-refractivity contribution in [2.24, 2.45) is 17.6 Å². The second-order valence-corrected chi connectivity index (χ2v) is 3.62. The Labute approximate surface area is 75.5 Å². The number of carbonyl (C=O) groups is 2. The van der Waals surface area contributed by atoms with Crippen LogP contribution in [0.25, 0.3) is 0 Å². The molecule has 3 atom stereocenters. The fourth-order valence-electron chi connectivity index (χ4n) is 1.87. The van der Waals surface area contributed by atoms with Crippen molar-refractivity contribution < 1.29 is 19.8 Å². The molecule has 0 saturated heterocycles. The lowest BCUT2D eigenvalue weighted by molar-refractivity contribution is -0.147. The Kier molecular flexibility index (Phi) is 2.30. The first-order chi connectivity index (χ1) is 5.89. The maximum atomic E-state index is 10.8. The summed E-state index contributed by atoms with van der Waals surface area (Å²) in [5, 5.41) is 17.6. The molecule has 0 aromatic rings. The van der Waals surface area contributed by atoms with E-state index in [-0.39, 0.29) is 6.42 Å². The van der Waals surface area contributed by atoms with Crippen molar-refractivity contribution in [2.45, 2.75) is 25.3 Å². The predicted octanol–water partition coefficient (Wildman–Crippen LogP) is -0.101. The minimum absolute atomic E-state index is 0.237. The van der Waals surface area contributed by atoms with Gasteiger partial charge in [0, 0.05) is 0 Å². The van der Waals surface area contributed by atoms with E-state index >= 15 is 0 Å². The third-order valence-corrected chi connectivity index (χ3v) is 3.00. The normalized spacial score (nSPS) is 38.9. The summed E-state index contributed by atoms with van der Waals surface area (Å²) < 4.78 is 0. The first-order valence-corrected chi connectivity index (χ1v) is 4.14. The van der Waals surface area contributed by atoms with Gasteiger partial charge in [0.05, 0.1) is 5.92 Å². The van der Waals surface area contributed by atoms with Gasteiger partial charge in [0.2, 0.25) is 0 Å². The zero-order valence-corrected chi connectivity index (χ0v) is 7.36. The van der Waals surface area contributed by atoms with Crippen LogP contribution < -0.4 is 5.73 Å². The van der Waals surface area contributed by atoms with Crippen molar-refractivity contribution in [3.63, 3.8) is 0 Å². The quantitative estimate of drug-likeness (QED) is 0.560. The van der Waals surface area contributed by atoms with Crippen molar-refractivity contribution in [3.8, 4) is 0 Å². The number of rotatable bonds is 2. The summed E-state index contributed by atoms with van der Waals surface area (Å²) in [4.78, 5) is 21.5. The SMILES string of the molecule is C[C@H]1[C@H](C(=O)O)CC[C@@]1(N)C(=O)O. The average molecular weight is 187 g/mol. The molecule has 0 radical (unpaired) electrons. The maximum Gasteiger partial charge on any atom is 0.323 e. The molecule has 0 aromatic carbocycles. The van der Waals surface area contributed by atoms with Crippen molar-refractivity contribution in [1.82, 2.24) is 0 Å². The molecule has 13 heavy (non-hydrogen) atoms. The fourth-order valence-corrected chi connectivity index (χ4v) is 1.87. The summed E-state index contributed by atoms with van der Waals surface area (Å²) in [5.74, 6) is -3.20. The number of carboxylic acids is 2. The fraction of sp³-hybridized carbons (Fsp3) is 0.750. The van der Waals surface area contributed by atoms with Gasteiger partial charge in [-0.05, 0) is 18.8 Å². The molecule has 0 spiro atoms. The van der Waals surface area contributed by atoms with Crippen LogP contribution in [0.4, 0.5) is 0 Å². The highest BCUT2D eigenvalue weighted by Crippen LogP contribution is 2.38. The summed E-state index contributed by atoms with van der Waals surface area (Å²) in [6, 6.07) is 0. The number of hydrogen-bond donors (Lipinski definition) is 3. The van der Waals surface area contributed by atoms with Gasteiger partial charge in [0.25, 0.3) is 0 Å². The van der Waals surface area contributed by atoms with Crippen LogP contribution in [-0.4, -0.2) is 27.7 Å². The third-order valence-electron chi connectivity index (χ3n) is 3.00. The summed E-state index contributed by atoms with van der Waals surface area (Å²) in [6.45, 7) is 1.58. The van der Waals surface area contributed by atoms with E-state index in [0.717, 1.165) is 0 Å². The van der Waals surface area contributed by atoms with Crippen LogP contribution in [0, 0.1) is 11.8 Å². The molecule has 1 aliphatic carbocycles. The molecule has 0 heterocycles. The van der Waals surface area contributed by atoms with Gasteiger partial charge in [-0.1, -0.05) is 6.92 Å². The Morgan fingerprint density at radius 3 is 2.23 bits per heavy atom. The van der Waals surface area contributed by atoms with E-state index < -0.39 is 29.3 Å². The summed E-state index contributed by atoms with van der Waals surface area (Å²) >= 11 is 0. The lowest BCUT2D eigenvalue weighted by Crippen LogP contribution is -2.51. The van der Waals surface area contributed by atoms with Crippen LogP contribution in [0.1, 0.15) is 19.8 Å². The molecule has 5 nitrogen and oxygen atoms in total. The Hall–Kier alpha value is -1.10. The van der Waals surface area contributed by atoms with Crippen LogP contribution in [0.3, 0.4) is 0 Å². The van der Waals surface area contributed by atoms with Crippen molar-refractivity contribution in [2.75, 3.05) is 0 Å². The summed E-state index contributed by atoms with van der Waals surface area (Å²) in [6.07, 6.45) is 0.583. The molecule has 1 saturated carbocycles. The maximum absolute atomic E-state index is 10.8. The van der Waals surface area contributed by atoms with Crippen molar-refractivity contribution in [1.29, 1.82) is 0 Å². The lowest BCUT2D eigenvalue weighted by Gasteiger charge is -2.25. The van der Waals surface area contributed by atoms with Gasteiger partial charge >= 0.3 is 11.9 Å². The monoisotopic (exact) mass is 187 g/mol. The lowest BCUT2D eigenvalue weighted by atomic mass is 9.85. The number of hydrogen-bond acceptors (Lipinski definition) is 3. The van der Waals surface area contributed by atoms with Crippen LogP contribution >= 0.6 is 0 Å². The second kappa shape index (κ2) is 2.99. The third kappa shape index (κ3) is 1.39. The van der Waals surface area contributed by atoms with Crippen LogP contribution in [0.2, 0.25) is 0 Å². The van der Waals surface area contributed by atoms with Gasteiger partial charge in [-0.3, -0.25) is 9.59 Å². The Morgan fingerprint density at radius 2 is 2.00 bits per heavy atom. The van der Waals surface area contributed by atoms with E-state index in [9.17, 15) is 9.59 Å². The standard InChI is InChI=1S/C8H13NO4/c1-4-5(6(10)11)2-3-8(4,9)7(12)13/h4-5H,2-3,9H2,1H3,(H,10,11)(H,12,13)/t4-,5+,8-/m0/s1. The topological polar surface area (TPSA) is 101 Å². The first kappa shape index (κ1) is 9.98. The van der Waals surface area contributed by atoms with E-state index in [0.29, 0.717) is 6.42 Å². The Balaban J connectivity index is 2.87. The van der Waals surface area contributed by atoms with Gasteiger partial charge in [0.15, 0.2) is 0 Å². The highest BCUT2D eigenvalue weighted by Gasteiger charge is 2.51. The summed E-state index contributed by atoms with van der Waals surface area (Å²) in [7, 11) is 0. The van der Waals surface area contributed by atoms with Gasteiger partial charge in [-0.25, -0.2) is 0 Å². The average Bonchev–Trinajstić information content (AvgIpc) is 2.30. The van der Waals surface area contributed by atoms with Crippen molar-refractivity contribution in [3.05, 3.63) is 0 Å². The molecule has 1 aliphatic rings. The second-order valence-electron chi connectivity index (χ2n) is 3.62. The number of nitrogens with two attached hydrogens (primary N) is 1. The molecule has 0 bridgehead atoms. The highest BCUT2D eigenvalue weighted by atomic mass is 16.4. The number of carboxylic acid groups (broad SMARTS) is 2. The highest BCUT2D eigenvalue weighted by molar-refractivity contribution is 5.82. The minimum atomic E-state index is -1.36. The molecule has 0 aromatic heterocycles. The molecule has 4 N–H and O–H groups in total. The van der Waals surface area contributed by atoms with Crippen LogP contribution in [0.5, 0.6) is 0 Å². The molecule has 0 unspecified atom stereocenters. The van der Waals surface area contributed by atoms with E-state index in [1.54, 1.807) is 6.92 Å². The number of aliphatic carboxylic acids is 2. The van der Waals surface area contributed by atoms with Gasteiger partial charge < -0.3 is 15.9 Å². The van der Waals surface area contributed by atoms with E-state index in [1.807, 2.05) is 0 Å². The Bertz CT molecular complexity index is 253. The smallest absolute Gasteiger partial charge is 0.323 e. The van der Waals surface area contributed by atoms with Gasteiger partial charge in [0.1, 0.15) is 5.54 Å². The molecule has 74 valence electrons. The van der Waals surface area contributed by atoms with Crippen LogP contribution in [0.15, 0.2) is 0 Å². The molecule has 0 amide bonds. The van der Waals surface area contributed by atoms with E-state index in [2.05, 4.69) is 0 Å². The zero-order valence-electron chi connectivity index (χ0n) is 7.36. The molecule has 1 fully saturated rings. The van der Waals surface area contributed by atoms with E-state index in [4.69, 9.17) is 15.9 Å². The molecule has 5 heteroatoms. The van der Waals surface area contributed by atoms with Crippen LogP contribution in [-0.2, 0) is 9.59 Å². The van der Waals surface area contributed by atoms with Gasteiger partial charge in [-0.15, -0.1) is 0 Å². The van der Waals surface area contributed by atoms with Crippen molar-refractivity contribution >= 4 is 11.9 Å². The zero-order chi connectivity index (χ0) is 10.2.